The lowest BCUT2D eigenvalue weighted by Crippen LogP contribution is -2.67. The summed E-state index contributed by atoms with van der Waals surface area (Å²) in [6, 6.07) is 0. The van der Waals surface area contributed by atoms with Crippen LogP contribution in [-0.4, -0.2) is 152 Å². The number of rotatable bonds is 50. The van der Waals surface area contributed by atoms with Crippen molar-refractivity contribution in [1.29, 1.82) is 0 Å². The van der Waals surface area contributed by atoms with Crippen LogP contribution in [0.1, 0.15) is 250 Å². The molecule has 17 nitrogen and oxygen atoms in total. The van der Waals surface area contributed by atoms with Crippen molar-refractivity contribution in [3.63, 3.8) is 0 Å². The molecule has 83 heavy (non-hydrogen) atoms. The molecule has 0 bridgehead atoms. The Kier molecular flexibility index (Phi) is 41.8. The van der Waals surface area contributed by atoms with E-state index < -0.39 is 94.5 Å². The van der Waals surface area contributed by atoms with Gasteiger partial charge in [0, 0.05) is 13.2 Å². The molecule has 10 unspecified atom stereocenters. The molecule has 0 radical (unpaired) electrons. The Morgan fingerprint density at radius 2 is 0.747 bits per heavy atom. The van der Waals surface area contributed by atoms with Gasteiger partial charge in [0.2, 0.25) is 0 Å². The van der Waals surface area contributed by atoms with Gasteiger partial charge in [-0.25, -0.2) is 9.45 Å². The highest BCUT2D eigenvalue weighted by molar-refractivity contribution is 7.47. The van der Waals surface area contributed by atoms with Gasteiger partial charge in [-0.2, -0.15) is 0 Å². The number of phosphoric acid groups is 1. The van der Waals surface area contributed by atoms with Gasteiger partial charge in [0.1, 0.15) is 61.0 Å². The average molecular weight is 1210 g/mol. The molecule has 21 atom stereocenters. The molecule has 1 saturated carbocycles. The van der Waals surface area contributed by atoms with Gasteiger partial charge in [-0.05, 0) is 72.0 Å². The predicted octanol–water partition coefficient (Wildman–Crippen LogP) is 12.0. The topological polar surface area (TPSA) is 264 Å². The van der Waals surface area contributed by atoms with Gasteiger partial charge >= 0.3 is 7.82 Å². The number of hydrogen-bond donors (Lipinski definition) is 9. The van der Waals surface area contributed by atoms with Crippen LogP contribution in [-0.2, 0) is 37.6 Å². The Bertz CT molecular complexity index is 1610. The second-order valence-electron chi connectivity index (χ2n) is 27.9. The lowest BCUT2D eigenvalue weighted by atomic mass is 9.84. The molecule has 1 aliphatic carbocycles. The Morgan fingerprint density at radius 1 is 0.410 bits per heavy atom. The third-order valence-electron chi connectivity index (χ3n) is 18.2. The smallest absolute Gasteiger partial charge is 0.394 e. The molecule has 1 saturated heterocycles. The van der Waals surface area contributed by atoms with Crippen molar-refractivity contribution in [2.24, 2.45) is 59.2 Å². The highest BCUT2D eigenvalue weighted by atomic mass is 31.2. The molecule has 2 rings (SSSR count). The minimum Gasteiger partial charge on any atom is -0.394 e. The molecule has 1 heterocycles. The van der Waals surface area contributed by atoms with E-state index in [4.69, 9.17) is 33.0 Å². The Hall–Kier alpha value is -0.410. The quantitative estimate of drug-likeness (QED) is 0.0119. The van der Waals surface area contributed by atoms with Gasteiger partial charge in [-0.1, -0.05) is 237 Å². The zero-order chi connectivity index (χ0) is 62.1. The lowest BCUT2D eigenvalue weighted by Gasteiger charge is -2.46. The van der Waals surface area contributed by atoms with Gasteiger partial charge in [-0.3, -0.25) is 4.52 Å². The SMILES string of the molecule is CC(C)CCCC(C)CCCC(C)CCCC(C)CCCC(C)CCOCC(COP(=O)(O)OO[C@H]1[C@H](O)[C@@H](O)[C@H](O)[C@@H](O)[C@H]1O[C@H]1O[C@H](CO)[C@@H](O)[C@H](O)[C@H]1O)OCCC(C)CCCC(C)CCCC(C)CCCC(C)CCCC(C)C. The Morgan fingerprint density at radius 3 is 1.12 bits per heavy atom. The Balaban J connectivity index is 1.91. The number of phosphoric ester groups is 1. The van der Waals surface area contributed by atoms with Crippen molar-refractivity contribution in [3.8, 4) is 0 Å². The summed E-state index contributed by atoms with van der Waals surface area (Å²) in [7, 11) is -5.15. The first-order chi connectivity index (χ1) is 39.2. The van der Waals surface area contributed by atoms with Crippen molar-refractivity contribution in [3.05, 3.63) is 0 Å². The average Bonchev–Trinajstić information content (AvgIpc) is 3.61. The molecule has 0 amide bonds. The Labute approximate surface area is 505 Å². The van der Waals surface area contributed by atoms with Crippen LogP contribution in [0.2, 0.25) is 0 Å². The monoisotopic (exact) mass is 1210 g/mol. The van der Waals surface area contributed by atoms with E-state index in [0.717, 1.165) is 74.0 Å². The minimum absolute atomic E-state index is 0.0645. The normalized spacial score (nSPS) is 28.4. The van der Waals surface area contributed by atoms with Crippen LogP contribution < -0.4 is 0 Å². The number of aliphatic hydroxyl groups excluding tert-OH is 8. The zero-order valence-electron chi connectivity index (χ0n) is 54.4. The van der Waals surface area contributed by atoms with E-state index in [-0.39, 0.29) is 6.61 Å². The third kappa shape index (κ3) is 34.4. The van der Waals surface area contributed by atoms with E-state index in [0.29, 0.717) is 36.9 Å². The largest absolute Gasteiger partial charge is 0.499 e. The first-order valence-corrected chi connectivity index (χ1v) is 34.9. The van der Waals surface area contributed by atoms with Crippen molar-refractivity contribution in [1.82, 2.24) is 0 Å². The zero-order valence-corrected chi connectivity index (χ0v) is 55.3. The van der Waals surface area contributed by atoms with E-state index in [2.05, 4.69) is 83.1 Å². The van der Waals surface area contributed by atoms with E-state index in [1.165, 1.54) is 128 Å². The van der Waals surface area contributed by atoms with Crippen LogP contribution in [0.5, 0.6) is 0 Å². The lowest BCUT2D eigenvalue weighted by molar-refractivity contribution is -0.375. The maximum Gasteiger partial charge on any atom is 0.499 e. The van der Waals surface area contributed by atoms with Gasteiger partial charge in [-0.15, -0.1) is 4.67 Å². The second-order valence-corrected chi connectivity index (χ2v) is 29.2. The van der Waals surface area contributed by atoms with Crippen LogP contribution in [0.15, 0.2) is 0 Å². The van der Waals surface area contributed by atoms with E-state index >= 15 is 0 Å². The number of hydrogen-bond acceptors (Lipinski definition) is 16. The maximum absolute atomic E-state index is 13.4. The second kappa shape index (κ2) is 44.1. The predicted molar refractivity (Wildman–Crippen MR) is 328 cm³/mol. The highest BCUT2D eigenvalue weighted by Gasteiger charge is 2.55. The fraction of sp³-hybridized carbons (Fsp3) is 1.00. The molecule has 0 aromatic rings. The molecule has 0 aromatic heterocycles. The van der Waals surface area contributed by atoms with Gasteiger partial charge in [0.05, 0.1) is 19.8 Å². The maximum atomic E-state index is 13.4. The summed E-state index contributed by atoms with van der Waals surface area (Å²) in [4.78, 5) is 16.0. The summed E-state index contributed by atoms with van der Waals surface area (Å²) < 4.78 is 46.8. The van der Waals surface area contributed by atoms with Crippen LogP contribution in [0.3, 0.4) is 0 Å². The summed E-state index contributed by atoms with van der Waals surface area (Å²) in [6.45, 7) is 27.7. The third-order valence-corrected chi connectivity index (χ3v) is 19.0. The molecular weight excluding hydrogens is 1080 g/mol. The first-order valence-electron chi connectivity index (χ1n) is 33.4. The fourth-order valence-electron chi connectivity index (χ4n) is 12.0. The van der Waals surface area contributed by atoms with Crippen LogP contribution >= 0.6 is 7.82 Å². The number of ether oxygens (including phenoxy) is 4. The summed E-state index contributed by atoms with van der Waals surface area (Å²) in [5.74, 6) is 7.00. The first kappa shape index (κ1) is 78.7. The van der Waals surface area contributed by atoms with Gasteiger partial charge in [0.25, 0.3) is 0 Å². The van der Waals surface area contributed by atoms with Gasteiger partial charge < -0.3 is 64.7 Å². The molecule has 2 fully saturated rings. The summed E-state index contributed by atoms with van der Waals surface area (Å²) in [5, 5.41) is 83.5. The van der Waals surface area contributed by atoms with Crippen LogP contribution in [0.25, 0.3) is 0 Å². The van der Waals surface area contributed by atoms with Crippen LogP contribution in [0.4, 0.5) is 0 Å². The molecule has 18 heteroatoms. The summed E-state index contributed by atoms with van der Waals surface area (Å²) in [6.07, 6.45) is 10.3. The molecule has 2 aliphatic rings. The van der Waals surface area contributed by atoms with E-state index in [1.807, 2.05) is 0 Å². The molecule has 0 aromatic carbocycles. The summed E-state index contributed by atoms with van der Waals surface area (Å²) in [5.41, 5.74) is 0. The number of aliphatic hydroxyl groups is 8. The fourth-order valence-corrected chi connectivity index (χ4v) is 12.6. The van der Waals surface area contributed by atoms with Crippen molar-refractivity contribution >= 4 is 7.82 Å². The summed E-state index contributed by atoms with van der Waals surface area (Å²) >= 11 is 0. The van der Waals surface area contributed by atoms with E-state index in [1.54, 1.807) is 0 Å². The minimum atomic E-state index is -5.15. The molecule has 9 N–H and O–H groups in total. The van der Waals surface area contributed by atoms with Crippen molar-refractivity contribution in [2.45, 2.75) is 323 Å². The van der Waals surface area contributed by atoms with Crippen molar-refractivity contribution < 1.29 is 83.3 Å². The highest BCUT2D eigenvalue weighted by Crippen LogP contribution is 2.45. The molecule has 1 aliphatic heterocycles. The standard InChI is InChI=1S/C65H129O17P/c1-44(2)21-13-23-46(5)25-15-27-48(7)29-17-31-50(9)33-19-35-52(11)37-39-76-42-54(77-40-38-53(12)36-20-34-51(10)32-18-30-49(8)28-16-26-47(6)24-14-22-45(3)4)43-78-83(74,75)82-81-64-61(72)59(70)58(69)60(71)63(64)80-65-62(73)57(68)56(67)55(41-66)79-65/h44-73H,13-43H2,1-12H3,(H,74,75)/t46?,47?,48?,49?,50?,51?,52?,53?,54?,55-,56-,57+,58+,59+,60-,61-,62-,63-,64+,65-/m1/s1. The molecule has 0 spiro atoms. The van der Waals surface area contributed by atoms with Gasteiger partial charge in [0.15, 0.2) is 12.4 Å². The molecular formula is C65H129O17P. The van der Waals surface area contributed by atoms with Crippen molar-refractivity contribution in [2.75, 3.05) is 33.0 Å². The van der Waals surface area contributed by atoms with Crippen LogP contribution in [0, 0.1) is 59.2 Å². The van der Waals surface area contributed by atoms with E-state index in [9.17, 15) is 50.3 Å². The molecule has 496 valence electrons.